The van der Waals surface area contributed by atoms with Crippen molar-refractivity contribution < 1.29 is 9.90 Å². The number of thioether (sulfide) groups is 1. The third kappa shape index (κ3) is 4.52. The Kier molecular flexibility index (Phi) is 6.10. The maximum atomic E-state index is 12.4. The molecule has 2 aromatic carbocycles. The molecule has 0 fully saturated rings. The predicted octanol–water partition coefficient (Wildman–Crippen LogP) is 4.52. The minimum absolute atomic E-state index is 0.147. The number of thiazole rings is 1. The number of nitrogens with zero attached hydrogens (tertiary/aromatic N) is 4. The van der Waals surface area contributed by atoms with Gasteiger partial charge in [-0.1, -0.05) is 42.1 Å². The Bertz CT molecular complexity index is 1140. The first-order valence-electron chi connectivity index (χ1n) is 9.30. The summed E-state index contributed by atoms with van der Waals surface area (Å²) in [4.78, 5) is 16.9. The molecule has 0 atom stereocenters. The number of hydrogen-bond donors (Lipinski definition) is 2. The summed E-state index contributed by atoms with van der Waals surface area (Å²) in [5.74, 6) is 0.956. The van der Waals surface area contributed by atoms with Crippen LogP contribution in [0.3, 0.4) is 0 Å². The summed E-state index contributed by atoms with van der Waals surface area (Å²) in [6, 6.07) is 16.7. The van der Waals surface area contributed by atoms with Crippen molar-refractivity contribution in [2.45, 2.75) is 18.6 Å². The third-order valence-corrected chi connectivity index (χ3v) is 6.04. The summed E-state index contributed by atoms with van der Waals surface area (Å²) in [5.41, 5.74) is 2.71. The molecule has 0 radical (unpaired) electrons. The van der Waals surface area contributed by atoms with Gasteiger partial charge in [-0.15, -0.1) is 21.5 Å². The number of anilines is 1. The molecule has 0 aliphatic rings. The molecule has 0 saturated heterocycles. The summed E-state index contributed by atoms with van der Waals surface area (Å²) in [6.07, 6.45) is 0. The van der Waals surface area contributed by atoms with Crippen molar-refractivity contribution in [3.63, 3.8) is 0 Å². The summed E-state index contributed by atoms with van der Waals surface area (Å²) >= 11 is 2.72. The summed E-state index contributed by atoms with van der Waals surface area (Å²) in [7, 11) is 0. The van der Waals surface area contributed by atoms with Crippen LogP contribution in [-0.4, -0.2) is 36.5 Å². The second-order valence-corrected chi connectivity index (χ2v) is 8.14. The van der Waals surface area contributed by atoms with Crippen molar-refractivity contribution in [1.82, 2.24) is 19.7 Å². The van der Waals surface area contributed by atoms with Crippen LogP contribution in [0.5, 0.6) is 5.75 Å². The van der Waals surface area contributed by atoms with E-state index < -0.39 is 0 Å². The molecule has 152 valence electrons. The fourth-order valence-corrected chi connectivity index (χ4v) is 4.40. The highest BCUT2D eigenvalue weighted by Gasteiger charge is 2.15. The molecule has 0 saturated carbocycles. The molecule has 2 heterocycles. The van der Waals surface area contributed by atoms with Crippen LogP contribution in [0, 0.1) is 0 Å². The number of phenols is 1. The first-order valence-corrected chi connectivity index (χ1v) is 11.2. The number of hydrogen-bond acceptors (Lipinski definition) is 7. The van der Waals surface area contributed by atoms with Gasteiger partial charge in [-0.2, -0.15) is 0 Å². The summed E-state index contributed by atoms with van der Waals surface area (Å²) in [6.45, 7) is 2.66. The van der Waals surface area contributed by atoms with Gasteiger partial charge in [0.2, 0.25) is 5.91 Å². The molecule has 0 aliphatic carbocycles. The van der Waals surface area contributed by atoms with E-state index >= 15 is 0 Å². The number of rotatable bonds is 7. The Labute approximate surface area is 181 Å². The van der Waals surface area contributed by atoms with Crippen LogP contribution in [0.25, 0.3) is 22.6 Å². The van der Waals surface area contributed by atoms with Gasteiger partial charge in [0.05, 0.1) is 11.4 Å². The Hall–Kier alpha value is -3.17. The highest BCUT2D eigenvalue weighted by molar-refractivity contribution is 7.99. The Balaban J connectivity index is 1.40. The third-order valence-electron chi connectivity index (χ3n) is 4.31. The lowest BCUT2D eigenvalue weighted by molar-refractivity contribution is -0.113. The van der Waals surface area contributed by atoms with Crippen molar-refractivity contribution in [1.29, 1.82) is 0 Å². The molecular formula is C21H19N5O2S2. The monoisotopic (exact) mass is 437 g/mol. The molecule has 4 aromatic rings. The second-order valence-electron chi connectivity index (χ2n) is 6.34. The number of carbonyl (C=O) groups excluding carboxylic acids is 1. The minimum atomic E-state index is -0.147. The van der Waals surface area contributed by atoms with Crippen LogP contribution in [0.1, 0.15) is 6.92 Å². The predicted molar refractivity (Wildman–Crippen MR) is 120 cm³/mol. The molecule has 2 N–H and O–H groups in total. The molecule has 4 rings (SSSR count). The number of carbonyl (C=O) groups is 1. The zero-order valence-electron chi connectivity index (χ0n) is 16.1. The molecule has 30 heavy (non-hydrogen) atoms. The highest BCUT2D eigenvalue weighted by Crippen LogP contribution is 2.27. The first kappa shape index (κ1) is 20.1. The van der Waals surface area contributed by atoms with E-state index in [9.17, 15) is 9.90 Å². The van der Waals surface area contributed by atoms with Crippen molar-refractivity contribution in [2.24, 2.45) is 0 Å². The number of aromatic nitrogens is 4. The van der Waals surface area contributed by atoms with Crippen LogP contribution in [0.2, 0.25) is 0 Å². The number of nitrogens with one attached hydrogen (secondary N) is 1. The van der Waals surface area contributed by atoms with Gasteiger partial charge < -0.3 is 15.0 Å². The molecule has 0 spiro atoms. The average molecular weight is 438 g/mol. The molecule has 7 nitrogen and oxygen atoms in total. The van der Waals surface area contributed by atoms with Crippen LogP contribution >= 0.6 is 23.1 Å². The van der Waals surface area contributed by atoms with Crippen molar-refractivity contribution in [3.05, 3.63) is 60.0 Å². The molecule has 0 aliphatic heterocycles. The van der Waals surface area contributed by atoms with E-state index in [0.717, 1.165) is 16.8 Å². The molecule has 0 bridgehead atoms. The molecule has 9 heteroatoms. The van der Waals surface area contributed by atoms with Gasteiger partial charge in [-0.05, 0) is 31.2 Å². The van der Waals surface area contributed by atoms with Gasteiger partial charge in [-0.25, -0.2) is 4.98 Å². The lowest BCUT2D eigenvalue weighted by Gasteiger charge is -2.07. The van der Waals surface area contributed by atoms with Crippen LogP contribution in [-0.2, 0) is 11.3 Å². The van der Waals surface area contributed by atoms with E-state index in [1.54, 1.807) is 24.3 Å². The van der Waals surface area contributed by atoms with Gasteiger partial charge >= 0.3 is 0 Å². The normalized spacial score (nSPS) is 10.8. The largest absolute Gasteiger partial charge is 0.508 e. The topological polar surface area (TPSA) is 92.9 Å². The molecule has 0 unspecified atom stereocenters. The van der Waals surface area contributed by atoms with E-state index in [0.29, 0.717) is 22.7 Å². The average Bonchev–Trinajstić information content (AvgIpc) is 3.40. The first-order chi connectivity index (χ1) is 14.6. The Morgan fingerprint density at radius 1 is 1.10 bits per heavy atom. The van der Waals surface area contributed by atoms with E-state index in [1.165, 1.54) is 23.1 Å². The van der Waals surface area contributed by atoms with Gasteiger partial charge in [0.15, 0.2) is 16.1 Å². The van der Waals surface area contributed by atoms with Crippen LogP contribution < -0.4 is 5.32 Å². The maximum absolute atomic E-state index is 12.4. The zero-order chi connectivity index (χ0) is 20.9. The summed E-state index contributed by atoms with van der Waals surface area (Å²) < 4.78 is 1.95. The lowest BCUT2D eigenvalue weighted by atomic mass is 10.2. The molecule has 1 amide bonds. The SMILES string of the molecule is CCn1c(SCC(=O)Nc2nc(-c3ccccc3)cs2)nnc1-c1ccc(O)cc1. The van der Waals surface area contributed by atoms with E-state index in [1.807, 2.05) is 47.2 Å². The standard InChI is InChI=1S/C21H19N5O2S2/c1-2-26-19(15-8-10-16(27)11-9-15)24-25-21(26)30-13-18(28)23-20-22-17(12-29-20)14-6-4-3-5-7-14/h3-12,27H,2,13H2,1H3,(H,22,23,28). The smallest absolute Gasteiger partial charge is 0.236 e. The van der Waals surface area contributed by atoms with E-state index in [-0.39, 0.29) is 17.4 Å². The van der Waals surface area contributed by atoms with E-state index in [4.69, 9.17) is 0 Å². The minimum Gasteiger partial charge on any atom is -0.508 e. The second kappa shape index (κ2) is 9.10. The number of benzene rings is 2. The maximum Gasteiger partial charge on any atom is 0.236 e. The fourth-order valence-electron chi connectivity index (χ4n) is 2.86. The zero-order valence-corrected chi connectivity index (χ0v) is 17.8. The van der Waals surface area contributed by atoms with Gasteiger partial charge in [0.1, 0.15) is 5.75 Å². The lowest BCUT2D eigenvalue weighted by Crippen LogP contribution is -2.14. The fraction of sp³-hybridized carbons (Fsp3) is 0.143. The van der Waals surface area contributed by atoms with Crippen molar-refractivity contribution in [3.8, 4) is 28.4 Å². The van der Waals surface area contributed by atoms with Crippen LogP contribution in [0.4, 0.5) is 5.13 Å². The van der Waals surface area contributed by atoms with Crippen LogP contribution in [0.15, 0.2) is 65.1 Å². The number of amides is 1. The Morgan fingerprint density at radius 2 is 1.87 bits per heavy atom. The molecular weight excluding hydrogens is 418 g/mol. The van der Waals surface area contributed by atoms with Gasteiger partial charge in [0, 0.05) is 23.1 Å². The van der Waals surface area contributed by atoms with Crippen molar-refractivity contribution in [2.75, 3.05) is 11.1 Å². The highest BCUT2D eigenvalue weighted by atomic mass is 32.2. The molecule has 2 aromatic heterocycles. The van der Waals surface area contributed by atoms with Crippen molar-refractivity contribution >= 4 is 34.1 Å². The van der Waals surface area contributed by atoms with E-state index in [2.05, 4.69) is 20.5 Å². The summed E-state index contributed by atoms with van der Waals surface area (Å²) in [5, 5.41) is 24.0. The quantitative estimate of drug-likeness (QED) is 0.413. The Morgan fingerprint density at radius 3 is 2.60 bits per heavy atom. The number of phenolic OH excluding ortho intramolecular Hbond substituents is 1. The number of aromatic hydroxyl groups is 1. The van der Waals surface area contributed by atoms with Gasteiger partial charge in [-0.3, -0.25) is 4.79 Å². The van der Waals surface area contributed by atoms with Gasteiger partial charge in [0.25, 0.3) is 0 Å².